The summed E-state index contributed by atoms with van der Waals surface area (Å²) in [4.78, 5) is 27.5. The molecule has 0 aliphatic carbocycles. The molecule has 0 aromatic heterocycles. The number of hydrogen-bond acceptors (Lipinski definition) is 5. The molecule has 0 spiro atoms. The minimum Gasteiger partial charge on any atom is -0.325 e. The van der Waals surface area contributed by atoms with Crippen LogP contribution in [0.25, 0.3) is 0 Å². The number of fused-ring (bicyclic) bond motifs is 1. The zero-order valence-electron chi connectivity index (χ0n) is 17.9. The number of amides is 2. The summed E-state index contributed by atoms with van der Waals surface area (Å²) < 4.78 is 27.2. The van der Waals surface area contributed by atoms with Crippen molar-refractivity contribution in [3.8, 4) is 0 Å². The number of sulfonamides is 1. The Hall–Kier alpha value is -2.36. The van der Waals surface area contributed by atoms with Crippen molar-refractivity contribution in [2.75, 3.05) is 35.6 Å². The Balaban J connectivity index is 1.85. The molecule has 0 bridgehead atoms. The van der Waals surface area contributed by atoms with E-state index in [-0.39, 0.29) is 29.0 Å². The second kappa shape index (κ2) is 9.84. The van der Waals surface area contributed by atoms with E-state index in [1.165, 1.54) is 27.0 Å². The lowest BCUT2D eigenvalue weighted by atomic mass is 10.1. The average molecular weight is 462 g/mol. The van der Waals surface area contributed by atoms with Gasteiger partial charge in [0, 0.05) is 23.7 Å². The number of nitrogens with one attached hydrogen (secondary N) is 1. The molecule has 1 heterocycles. The Bertz CT molecular complexity index is 1060. The van der Waals surface area contributed by atoms with Crippen LogP contribution in [0.1, 0.15) is 26.3 Å². The van der Waals surface area contributed by atoms with Gasteiger partial charge in [0.2, 0.25) is 21.8 Å². The molecule has 9 heteroatoms. The van der Waals surface area contributed by atoms with Crippen molar-refractivity contribution in [1.82, 2.24) is 4.31 Å². The zero-order chi connectivity index (χ0) is 22.6. The first kappa shape index (κ1) is 23.3. The maximum absolute atomic E-state index is 12.9. The average Bonchev–Trinajstić information content (AvgIpc) is 2.76. The minimum absolute atomic E-state index is 0.116. The van der Waals surface area contributed by atoms with Gasteiger partial charge in [-0.1, -0.05) is 32.9 Å². The maximum Gasteiger partial charge on any atom is 0.244 e. The van der Waals surface area contributed by atoms with Crippen molar-refractivity contribution >= 4 is 45.0 Å². The van der Waals surface area contributed by atoms with Crippen molar-refractivity contribution in [2.45, 2.75) is 37.0 Å². The van der Waals surface area contributed by atoms with E-state index in [0.717, 1.165) is 16.9 Å². The van der Waals surface area contributed by atoms with E-state index < -0.39 is 10.0 Å². The highest BCUT2D eigenvalue weighted by Gasteiger charge is 2.30. The smallest absolute Gasteiger partial charge is 0.244 e. The first-order valence-electron chi connectivity index (χ1n) is 10.3. The standard InChI is InChI=1S/C22H27N3O4S2/c1-4-16-7-9-17(10-8-16)23-21(26)14-25-19-13-18(31(28,29)24(5-2)6-3)11-12-20(19)30-15-22(25)27/h7-13H,4-6,14-15H2,1-3H3,(H,23,26). The van der Waals surface area contributed by atoms with Crippen LogP contribution in [0.5, 0.6) is 0 Å². The molecule has 2 aromatic carbocycles. The highest BCUT2D eigenvalue weighted by atomic mass is 32.2. The highest BCUT2D eigenvalue weighted by Crippen LogP contribution is 2.37. The van der Waals surface area contributed by atoms with E-state index in [0.29, 0.717) is 24.5 Å². The molecule has 0 radical (unpaired) electrons. The van der Waals surface area contributed by atoms with E-state index in [4.69, 9.17) is 0 Å². The summed E-state index contributed by atoms with van der Waals surface area (Å²) in [6.07, 6.45) is 0.906. The van der Waals surface area contributed by atoms with Gasteiger partial charge < -0.3 is 10.2 Å². The fourth-order valence-corrected chi connectivity index (χ4v) is 5.79. The van der Waals surface area contributed by atoms with Gasteiger partial charge >= 0.3 is 0 Å². The molecule has 0 atom stereocenters. The summed E-state index contributed by atoms with van der Waals surface area (Å²) in [6.45, 7) is 6.14. The Kier molecular flexibility index (Phi) is 7.40. The summed E-state index contributed by atoms with van der Waals surface area (Å²) in [5.74, 6) is -0.369. The lowest BCUT2D eigenvalue weighted by Gasteiger charge is -2.29. The molecule has 1 N–H and O–H groups in total. The van der Waals surface area contributed by atoms with Crippen LogP contribution >= 0.6 is 11.8 Å². The number of aryl methyl sites for hydroxylation is 1. The lowest BCUT2D eigenvalue weighted by Crippen LogP contribution is -2.41. The van der Waals surface area contributed by atoms with Gasteiger partial charge in [-0.05, 0) is 42.3 Å². The number of anilines is 2. The predicted molar refractivity (Wildman–Crippen MR) is 124 cm³/mol. The second-order valence-electron chi connectivity index (χ2n) is 7.09. The monoisotopic (exact) mass is 461 g/mol. The molecule has 2 aromatic rings. The third kappa shape index (κ3) is 5.11. The fourth-order valence-electron chi connectivity index (χ4n) is 3.40. The summed E-state index contributed by atoms with van der Waals surface area (Å²) in [5.41, 5.74) is 2.27. The number of thioether (sulfide) groups is 1. The number of hydrogen-bond donors (Lipinski definition) is 1. The molecular formula is C22H27N3O4S2. The molecule has 1 aliphatic rings. The van der Waals surface area contributed by atoms with Gasteiger partial charge in [0.15, 0.2) is 0 Å². The van der Waals surface area contributed by atoms with Gasteiger partial charge in [0.05, 0.1) is 16.3 Å². The van der Waals surface area contributed by atoms with Crippen molar-refractivity contribution in [3.05, 3.63) is 48.0 Å². The molecule has 166 valence electrons. The van der Waals surface area contributed by atoms with Gasteiger partial charge in [-0.15, -0.1) is 11.8 Å². The Labute approximate surface area is 187 Å². The number of nitrogens with zero attached hydrogens (tertiary/aromatic N) is 2. The summed E-state index contributed by atoms with van der Waals surface area (Å²) in [5, 5.41) is 2.81. The van der Waals surface area contributed by atoms with Crippen LogP contribution in [-0.2, 0) is 26.0 Å². The molecule has 0 fully saturated rings. The van der Waals surface area contributed by atoms with E-state index in [1.54, 1.807) is 26.0 Å². The van der Waals surface area contributed by atoms with Crippen molar-refractivity contribution in [1.29, 1.82) is 0 Å². The van der Waals surface area contributed by atoms with Crippen LogP contribution in [-0.4, -0.2) is 49.9 Å². The van der Waals surface area contributed by atoms with Crippen LogP contribution in [0.4, 0.5) is 11.4 Å². The molecule has 0 saturated carbocycles. The fraction of sp³-hybridized carbons (Fsp3) is 0.364. The number of carbonyl (C=O) groups excluding carboxylic acids is 2. The molecule has 1 aliphatic heterocycles. The molecular weight excluding hydrogens is 434 g/mol. The van der Waals surface area contributed by atoms with Gasteiger partial charge in [0.25, 0.3) is 0 Å². The third-order valence-electron chi connectivity index (χ3n) is 5.16. The topological polar surface area (TPSA) is 86.8 Å². The van der Waals surface area contributed by atoms with Crippen molar-refractivity contribution < 1.29 is 18.0 Å². The Morgan fingerprint density at radius 1 is 1.10 bits per heavy atom. The Morgan fingerprint density at radius 2 is 1.77 bits per heavy atom. The molecule has 7 nitrogen and oxygen atoms in total. The maximum atomic E-state index is 12.9. The minimum atomic E-state index is -3.67. The van der Waals surface area contributed by atoms with Crippen molar-refractivity contribution in [3.63, 3.8) is 0 Å². The second-order valence-corrected chi connectivity index (χ2v) is 10.0. The summed E-state index contributed by atoms with van der Waals surface area (Å²) in [7, 11) is -3.67. The quantitative estimate of drug-likeness (QED) is 0.651. The largest absolute Gasteiger partial charge is 0.325 e. The van der Waals surface area contributed by atoms with Crippen LogP contribution < -0.4 is 10.2 Å². The van der Waals surface area contributed by atoms with Crippen LogP contribution in [0.15, 0.2) is 52.3 Å². The van der Waals surface area contributed by atoms with E-state index in [1.807, 2.05) is 24.3 Å². The summed E-state index contributed by atoms with van der Waals surface area (Å²) >= 11 is 1.34. The van der Waals surface area contributed by atoms with Crippen molar-refractivity contribution in [2.24, 2.45) is 0 Å². The van der Waals surface area contributed by atoms with E-state index >= 15 is 0 Å². The predicted octanol–water partition coefficient (Wildman–Crippen LogP) is 3.36. The third-order valence-corrected chi connectivity index (χ3v) is 8.26. The molecule has 0 unspecified atom stereocenters. The number of benzene rings is 2. The van der Waals surface area contributed by atoms with Gasteiger partial charge in [-0.3, -0.25) is 9.59 Å². The molecule has 3 rings (SSSR count). The summed E-state index contributed by atoms with van der Waals surface area (Å²) in [6, 6.07) is 12.3. The normalized spacial score (nSPS) is 13.9. The lowest BCUT2D eigenvalue weighted by molar-refractivity contribution is -0.120. The van der Waals surface area contributed by atoms with Gasteiger partial charge in [0.1, 0.15) is 6.54 Å². The molecule has 31 heavy (non-hydrogen) atoms. The van der Waals surface area contributed by atoms with Crippen LogP contribution in [0, 0.1) is 0 Å². The molecule has 0 saturated heterocycles. The first-order chi connectivity index (χ1) is 14.8. The van der Waals surface area contributed by atoms with Gasteiger partial charge in [-0.25, -0.2) is 8.42 Å². The Morgan fingerprint density at radius 3 is 2.39 bits per heavy atom. The van der Waals surface area contributed by atoms with Gasteiger partial charge in [-0.2, -0.15) is 4.31 Å². The SMILES string of the molecule is CCc1ccc(NC(=O)CN2C(=O)CSc3ccc(S(=O)(=O)N(CC)CC)cc32)cc1. The van der Waals surface area contributed by atoms with Crippen LogP contribution in [0.2, 0.25) is 0 Å². The first-order valence-corrected chi connectivity index (χ1v) is 12.7. The van der Waals surface area contributed by atoms with E-state index in [2.05, 4.69) is 12.2 Å². The molecule has 2 amide bonds. The highest BCUT2D eigenvalue weighted by molar-refractivity contribution is 8.00. The van der Waals surface area contributed by atoms with Crippen LogP contribution in [0.3, 0.4) is 0 Å². The number of rotatable bonds is 8. The number of carbonyl (C=O) groups is 2. The van der Waals surface area contributed by atoms with E-state index in [9.17, 15) is 18.0 Å². The zero-order valence-corrected chi connectivity index (χ0v) is 19.6.